The van der Waals surface area contributed by atoms with Gasteiger partial charge >= 0.3 is 0 Å². The summed E-state index contributed by atoms with van der Waals surface area (Å²) in [5.41, 5.74) is 6.63. The molecule has 2 aliphatic rings. The van der Waals surface area contributed by atoms with Crippen molar-refractivity contribution in [2.45, 2.75) is 57.6 Å². The number of likely N-dealkylation sites (tertiary alicyclic amines) is 1. The van der Waals surface area contributed by atoms with E-state index in [2.05, 4.69) is 32.1 Å². The number of fused-ring (bicyclic) bond motifs is 1. The van der Waals surface area contributed by atoms with Gasteiger partial charge in [0.15, 0.2) is 23.8 Å². The first-order chi connectivity index (χ1) is 16.3. The fourth-order valence-electron chi connectivity index (χ4n) is 4.29. The third kappa shape index (κ3) is 4.68. The number of amides is 2. The van der Waals surface area contributed by atoms with Crippen molar-refractivity contribution >= 4 is 28.8 Å². The molecule has 182 valence electrons. The largest absolute Gasteiger partial charge is 0.387 e. The summed E-state index contributed by atoms with van der Waals surface area (Å²) in [5.74, 6) is 6.33. The van der Waals surface area contributed by atoms with Gasteiger partial charge in [-0.1, -0.05) is 5.92 Å². The van der Waals surface area contributed by atoms with Crippen LogP contribution in [0.2, 0.25) is 0 Å². The first-order valence-electron chi connectivity index (χ1n) is 11.3. The molecule has 2 fully saturated rings. The summed E-state index contributed by atoms with van der Waals surface area (Å²) < 4.78 is 7.08. The Labute approximate surface area is 196 Å². The van der Waals surface area contributed by atoms with Gasteiger partial charge in [0, 0.05) is 33.0 Å². The normalized spacial score (nSPS) is 25.2. The number of nitrogens with zero attached hydrogens (tertiary/aromatic N) is 5. The molecule has 0 saturated carbocycles. The number of likely N-dealkylation sites (N-methyl/N-ethyl adjacent to an activating group) is 1. The van der Waals surface area contributed by atoms with Crippen molar-refractivity contribution < 1.29 is 24.5 Å². The van der Waals surface area contributed by atoms with Crippen LogP contribution in [-0.4, -0.2) is 84.4 Å². The van der Waals surface area contributed by atoms with E-state index in [0.29, 0.717) is 24.4 Å². The first kappa shape index (κ1) is 23.9. The molecule has 0 aliphatic carbocycles. The average Bonchev–Trinajstić information content (AvgIpc) is 3.36. The number of ether oxygens (including phenoxy) is 1. The number of rotatable bonds is 4. The Hall–Kier alpha value is -3.27. The molecular formula is C22H29N7O5. The number of anilines is 1. The maximum absolute atomic E-state index is 12.2. The van der Waals surface area contributed by atoms with Crippen molar-refractivity contribution in [2.24, 2.45) is 5.92 Å². The highest BCUT2D eigenvalue weighted by Crippen LogP contribution is 2.32. The monoisotopic (exact) mass is 471 g/mol. The molecule has 0 radical (unpaired) electrons. The topological polar surface area (TPSA) is 169 Å². The van der Waals surface area contributed by atoms with Gasteiger partial charge in [-0.25, -0.2) is 15.0 Å². The minimum Gasteiger partial charge on any atom is -0.387 e. The van der Waals surface area contributed by atoms with Crippen molar-refractivity contribution in [1.29, 1.82) is 0 Å². The summed E-state index contributed by atoms with van der Waals surface area (Å²) in [6.45, 7) is 5.17. The number of aliphatic hydroxyl groups is 2. The zero-order valence-electron chi connectivity index (χ0n) is 19.1. The summed E-state index contributed by atoms with van der Waals surface area (Å²) in [4.78, 5) is 38.3. The van der Waals surface area contributed by atoms with Gasteiger partial charge in [-0.3, -0.25) is 14.2 Å². The van der Waals surface area contributed by atoms with E-state index in [1.54, 1.807) is 13.8 Å². The number of aliphatic hydroxyl groups excluding tert-OH is 2. The highest BCUT2D eigenvalue weighted by molar-refractivity contribution is 5.83. The number of carbonyl (C=O) groups excluding carboxylic acids is 2. The smallest absolute Gasteiger partial charge is 0.252 e. The average molecular weight is 472 g/mol. The van der Waals surface area contributed by atoms with Crippen LogP contribution in [0.4, 0.5) is 5.82 Å². The van der Waals surface area contributed by atoms with E-state index in [1.165, 1.54) is 10.9 Å². The second-order valence-corrected chi connectivity index (χ2v) is 8.53. The molecule has 4 heterocycles. The Balaban J connectivity index is 1.52. The fourth-order valence-corrected chi connectivity index (χ4v) is 4.29. The molecule has 12 heteroatoms. The van der Waals surface area contributed by atoms with E-state index in [-0.39, 0.29) is 23.2 Å². The number of nitrogen functional groups attached to an aromatic ring is 1. The van der Waals surface area contributed by atoms with Crippen molar-refractivity contribution in [3.05, 3.63) is 12.2 Å². The molecule has 4 rings (SSSR count). The number of imidazole rings is 1. The van der Waals surface area contributed by atoms with Gasteiger partial charge in [0.05, 0.1) is 6.33 Å². The van der Waals surface area contributed by atoms with Crippen LogP contribution in [-0.2, 0) is 14.3 Å². The Kier molecular flexibility index (Phi) is 6.97. The van der Waals surface area contributed by atoms with E-state index in [4.69, 9.17) is 10.5 Å². The van der Waals surface area contributed by atoms with Crippen LogP contribution in [0.15, 0.2) is 6.33 Å². The van der Waals surface area contributed by atoms with Crippen LogP contribution in [0.5, 0.6) is 0 Å². The molecule has 0 bridgehead atoms. The predicted octanol–water partition coefficient (Wildman–Crippen LogP) is -0.836. The van der Waals surface area contributed by atoms with E-state index in [1.807, 2.05) is 4.90 Å². The summed E-state index contributed by atoms with van der Waals surface area (Å²) in [5, 5.41) is 23.4. The number of aromatic nitrogens is 4. The van der Waals surface area contributed by atoms with E-state index < -0.39 is 30.4 Å². The minimum absolute atomic E-state index is 0.0968. The highest BCUT2D eigenvalue weighted by atomic mass is 16.6. The van der Waals surface area contributed by atoms with Gasteiger partial charge in [0.2, 0.25) is 11.7 Å². The summed E-state index contributed by atoms with van der Waals surface area (Å²) in [6, 6.07) is 0. The summed E-state index contributed by atoms with van der Waals surface area (Å²) in [6.07, 6.45) is -1.30. The predicted molar refractivity (Wildman–Crippen MR) is 121 cm³/mol. The van der Waals surface area contributed by atoms with Crippen LogP contribution in [0.25, 0.3) is 11.2 Å². The van der Waals surface area contributed by atoms with Crippen LogP contribution >= 0.6 is 0 Å². The number of nitrogens with two attached hydrogens (primary N) is 1. The SMILES string of the molecule is CCNC(=O)C1OC(n2cnc3c(N)nc(C#CCC4CCN(C(C)=O)CC4)nc32)C(O)C1O. The highest BCUT2D eigenvalue weighted by Gasteiger charge is 2.47. The third-order valence-electron chi connectivity index (χ3n) is 6.22. The van der Waals surface area contributed by atoms with E-state index >= 15 is 0 Å². The number of carbonyl (C=O) groups is 2. The lowest BCUT2D eigenvalue weighted by atomic mass is 9.94. The molecule has 2 amide bonds. The fraction of sp³-hybridized carbons (Fsp3) is 0.591. The van der Waals surface area contributed by atoms with Gasteiger partial charge in [-0.05, 0) is 31.6 Å². The van der Waals surface area contributed by atoms with Crippen molar-refractivity contribution in [3.63, 3.8) is 0 Å². The Morgan fingerprint density at radius 3 is 2.68 bits per heavy atom. The van der Waals surface area contributed by atoms with Crippen LogP contribution in [0.3, 0.4) is 0 Å². The molecule has 5 N–H and O–H groups in total. The van der Waals surface area contributed by atoms with Crippen LogP contribution in [0.1, 0.15) is 45.2 Å². The van der Waals surface area contributed by atoms with Gasteiger partial charge in [0.25, 0.3) is 5.91 Å². The van der Waals surface area contributed by atoms with Crippen molar-refractivity contribution in [1.82, 2.24) is 29.7 Å². The molecule has 2 aliphatic heterocycles. The maximum atomic E-state index is 12.2. The number of nitrogens with one attached hydrogen (secondary N) is 1. The van der Waals surface area contributed by atoms with E-state index in [9.17, 15) is 19.8 Å². The van der Waals surface area contributed by atoms with Crippen LogP contribution < -0.4 is 11.1 Å². The molecule has 2 aromatic rings. The minimum atomic E-state index is -1.41. The van der Waals surface area contributed by atoms with E-state index in [0.717, 1.165) is 25.9 Å². The second-order valence-electron chi connectivity index (χ2n) is 8.53. The molecule has 0 aromatic carbocycles. The van der Waals surface area contributed by atoms with Gasteiger partial charge in [-0.2, -0.15) is 0 Å². The third-order valence-corrected chi connectivity index (χ3v) is 6.22. The Morgan fingerprint density at radius 1 is 1.26 bits per heavy atom. The van der Waals surface area contributed by atoms with Gasteiger partial charge in [0.1, 0.15) is 17.7 Å². The number of hydrogen-bond donors (Lipinski definition) is 4. The number of hydrogen-bond acceptors (Lipinski definition) is 9. The quantitative estimate of drug-likeness (QED) is 0.416. The van der Waals surface area contributed by atoms with Gasteiger partial charge in [-0.15, -0.1) is 0 Å². The molecule has 2 saturated heterocycles. The molecule has 2 aromatic heterocycles. The summed E-state index contributed by atoms with van der Waals surface area (Å²) >= 11 is 0. The zero-order chi connectivity index (χ0) is 24.4. The van der Waals surface area contributed by atoms with Crippen molar-refractivity contribution in [2.75, 3.05) is 25.4 Å². The molecule has 12 nitrogen and oxygen atoms in total. The maximum Gasteiger partial charge on any atom is 0.252 e. The first-order valence-corrected chi connectivity index (χ1v) is 11.3. The second kappa shape index (κ2) is 9.92. The Bertz CT molecular complexity index is 1130. The molecule has 34 heavy (non-hydrogen) atoms. The number of piperidine rings is 1. The lowest BCUT2D eigenvalue weighted by Gasteiger charge is -2.30. The Morgan fingerprint density at radius 2 is 2.00 bits per heavy atom. The zero-order valence-corrected chi connectivity index (χ0v) is 19.1. The molecule has 4 unspecified atom stereocenters. The standard InChI is InChI=1S/C22H29N7O5/c1-3-24-21(33)18-16(31)17(32)22(34-18)29-11-25-15-19(23)26-14(27-20(15)29)6-4-5-13-7-9-28(10-8-13)12(2)30/h11,13,16-18,22,31-32H,3,5,7-10H2,1-2H3,(H,24,33)(H2,23,26,27). The van der Waals surface area contributed by atoms with Gasteiger partial charge < -0.3 is 30.9 Å². The molecule has 4 atom stereocenters. The molecular weight excluding hydrogens is 442 g/mol. The van der Waals surface area contributed by atoms with Crippen LogP contribution in [0, 0.1) is 17.8 Å². The molecule has 0 spiro atoms. The lowest BCUT2D eigenvalue weighted by Crippen LogP contribution is -2.42. The van der Waals surface area contributed by atoms with Crippen molar-refractivity contribution in [3.8, 4) is 11.8 Å². The lowest BCUT2D eigenvalue weighted by molar-refractivity contribution is -0.137. The summed E-state index contributed by atoms with van der Waals surface area (Å²) in [7, 11) is 0.